The number of pyridine rings is 2. The second-order valence-corrected chi connectivity index (χ2v) is 9.31. The highest BCUT2D eigenvalue weighted by Crippen LogP contribution is 2.43. The van der Waals surface area contributed by atoms with Crippen molar-refractivity contribution in [1.29, 1.82) is 0 Å². The Morgan fingerprint density at radius 3 is 2.60 bits per heavy atom. The Labute approximate surface area is 179 Å². The predicted molar refractivity (Wildman–Crippen MR) is 116 cm³/mol. The summed E-state index contributed by atoms with van der Waals surface area (Å²) >= 11 is 6.89. The molecule has 8 heteroatoms. The van der Waals surface area contributed by atoms with Crippen molar-refractivity contribution in [1.82, 2.24) is 9.55 Å². The largest absolute Gasteiger partial charge is 0.477 e. The number of rotatable bonds is 3. The molecule has 1 aliphatic heterocycles. The molecule has 3 N–H and O–H groups in total. The van der Waals surface area contributed by atoms with Gasteiger partial charge in [-0.1, -0.05) is 30.7 Å². The normalized spacial score (nSPS) is 28.2. The molecule has 0 aromatic carbocycles. The minimum atomic E-state index is -1.23. The third kappa shape index (κ3) is 2.87. The molecule has 1 saturated carbocycles. The monoisotopic (exact) mass is 428 g/mol. The van der Waals surface area contributed by atoms with E-state index >= 15 is 0 Å². The maximum absolute atomic E-state index is 12.9. The molecule has 2 aliphatic carbocycles. The van der Waals surface area contributed by atoms with Crippen LogP contribution in [0.15, 0.2) is 23.1 Å². The van der Waals surface area contributed by atoms with E-state index in [4.69, 9.17) is 22.3 Å². The quantitative estimate of drug-likeness (QED) is 0.729. The zero-order valence-corrected chi connectivity index (χ0v) is 17.8. The number of nitrogens with zero attached hydrogens (tertiary/aromatic N) is 3. The van der Waals surface area contributed by atoms with Gasteiger partial charge in [0.15, 0.2) is 0 Å². The van der Waals surface area contributed by atoms with Crippen LogP contribution in [-0.2, 0) is 0 Å². The lowest BCUT2D eigenvalue weighted by atomic mass is 9.77. The predicted octanol–water partition coefficient (Wildman–Crippen LogP) is 2.98. The van der Waals surface area contributed by atoms with Gasteiger partial charge in [0.2, 0.25) is 5.43 Å². The molecule has 2 fully saturated rings. The number of nitrogens with two attached hydrogens (primary N) is 1. The van der Waals surface area contributed by atoms with Gasteiger partial charge in [-0.3, -0.25) is 4.79 Å². The molecule has 0 bridgehead atoms. The van der Waals surface area contributed by atoms with Crippen LogP contribution < -0.4 is 16.1 Å². The molecule has 2 aromatic heterocycles. The van der Waals surface area contributed by atoms with E-state index in [1.165, 1.54) is 6.20 Å². The first-order valence-electron chi connectivity index (χ1n) is 10.4. The van der Waals surface area contributed by atoms with Crippen molar-refractivity contribution >= 4 is 34.3 Å². The number of halogens is 1. The van der Waals surface area contributed by atoms with Gasteiger partial charge in [-0.05, 0) is 31.6 Å². The summed E-state index contributed by atoms with van der Waals surface area (Å²) in [5, 5.41) is 10.2. The first-order chi connectivity index (χ1) is 14.3. The SMILES string of the molecule is Cc1nc(N2C[C@@H]3[C@H](C2)[C@H](N)C=C[C@@H]3C)c(Cl)c2c1c(=O)c(C(=O)O)cn2C1CC1. The maximum Gasteiger partial charge on any atom is 0.341 e. The first-order valence-corrected chi connectivity index (χ1v) is 10.8. The zero-order valence-electron chi connectivity index (χ0n) is 17.0. The lowest BCUT2D eigenvalue weighted by Crippen LogP contribution is -2.38. The van der Waals surface area contributed by atoms with Gasteiger partial charge in [0.05, 0.1) is 16.6 Å². The van der Waals surface area contributed by atoms with E-state index in [-0.39, 0.29) is 17.6 Å². The van der Waals surface area contributed by atoms with Crippen LogP contribution in [0.5, 0.6) is 0 Å². The molecule has 7 nitrogen and oxygen atoms in total. The summed E-state index contributed by atoms with van der Waals surface area (Å²) in [6.45, 7) is 5.54. The number of carbonyl (C=O) groups is 1. The zero-order chi connectivity index (χ0) is 21.3. The van der Waals surface area contributed by atoms with E-state index in [0.717, 1.165) is 25.9 Å². The minimum Gasteiger partial charge on any atom is -0.477 e. The van der Waals surface area contributed by atoms with Gasteiger partial charge >= 0.3 is 5.97 Å². The molecule has 3 heterocycles. The molecule has 4 atom stereocenters. The van der Waals surface area contributed by atoms with Crippen LogP contribution in [0.4, 0.5) is 5.82 Å². The molecule has 0 amide bonds. The topological polar surface area (TPSA) is 101 Å². The summed E-state index contributed by atoms with van der Waals surface area (Å²) in [6.07, 6.45) is 7.61. The molecule has 5 rings (SSSR count). The molecular formula is C22H25ClN4O3. The Hall–Kier alpha value is -2.38. The van der Waals surface area contributed by atoms with Crippen molar-refractivity contribution in [3.8, 4) is 0 Å². The van der Waals surface area contributed by atoms with Gasteiger partial charge in [-0.15, -0.1) is 0 Å². The molecule has 0 unspecified atom stereocenters. The van der Waals surface area contributed by atoms with Crippen molar-refractivity contribution in [3.05, 3.63) is 44.9 Å². The van der Waals surface area contributed by atoms with Crippen LogP contribution >= 0.6 is 11.6 Å². The van der Waals surface area contributed by atoms with Gasteiger partial charge in [0, 0.05) is 37.3 Å². The number of anilines is 1. The number of hydrogen-bond donors (Lipinski definition) is 2. The van der Waals surface area contributed by atoms with Crippen LogP contribution in [0.1, 0.15) is 41.9 Å². The van der Waals surface area contributed by atoms with Gasteiger partial charge in [0.1, 0.15) is 16.4 Å². The van der Waals surface area contributed by atoms with Crippen molar-refractivity contribution in [2.75, 3.05) is 18.0 Å². The summed E-state index contributed by atoms with van der Waals surface area (Å²) in [6, 6.07) is 0.177. The lowest BCUT2D eigenvalue weighted by molar-refractivity contribution is 0.0695. The first kappa shape index (κ1) is 19.6. The highest BCUT2D eigenvalue weighted by atomic mass is 35.5. The fourth-order valence-corrected chi connectivity index (χ4v) is 5.50. The van der Waals surface area contributed by atoms with Crippen molar-refractivity contribution in [2.45, 2.75) is 38.8 Å². The van der Waals surface area contributed by atoms with Gasteiger partial charge in [-0.2, -0.15) is 0 Å². The van der Waals surface area contributed by atoms with Crippen LogP contribution in [0.3, 0.4) is 0 Å². The fourth-order valence-electron chi connectivity index (χ4n) is 5.14. The lowest BCUT2D eigenvalue weighted by Gasteiger charge is -2.30. The Balaban J connectivity index is 1.68. The fraction of sp³-hybridized carbons (Fsp3) is 0.500. The van der Waals surface area contributed by atoms with E-state index < -0.39 is 11.4 Å². The number of hydrogen-bond acceptors (Lipinski definition) is 5. The average molecular weight is 429 g/mol. The Morgan fingerprint density at radius 1 is 1.27 bits per heavy atom. The molecular weight excluding hydrogens is 404 g/mol. The van der Waals surface area contributed by atoms with E-state index in [1.54, 1.807) is 6.92 Å². The Kier molecular flexibility index (Phi) is 4.45. The Bertz CT molecular complexity index is 1130. The van der Waals surface area contributed by atoms with Crippen molar-refractivity contribution < 1.29 is 9.90 Å². The molecule has 0 spiro atoms. The number of allylic oxidation sites excluding steroid dienone is 1. The van der Waals surface area contributed by atoms with Crippen LogP contribution in [0.25, 0.3) is 10.9 Å². The van der Waals surface area contributed by atoms with Gasteiger partial charge in [-0.25, -0.2) is 9.78 Å². The summed E-state index contributed by atoms with van der Waals surface area (Å²) in [7, 11) is 0. The molecule has 3 aliphatic rings. The van der Waals surface area contributed by atoms with Crippen molar-refractivity contribution in [2.24, 2.45) is 23.5 Å². The second kappa shape index (κ2) is 6.82. The summed E-state index contributed by atoms with van der Waals surface area (Å²) < 4.78 is 1.87. The minimum absolute atomic E-state index is 0.0132. The number of aryl methyl sites for hydroxylation is 1. The maximum atomic E-state index is 12.9. The van der Waals surface area contributed by atoms with Crippen LogP contribution in [-0.4, -0.2) is 39.8 Å². The average Bonchev–Trinajstić information content (AvgIpc) is 3.44. The smallest absolute Gasteiger partial charge is 0.341 e. The third-order valence-electron chi connectivity index (χ3n) is 6.96. The summed E-state index contributed by atoms with van der Waals surface area (Å²) in [5.74, 6) is 0.628. The summed E-state index contributed by atoms with van der Waals surface area (Å²) in [4.78, 5) is 31.5. The molecule has 0 radical (unpaired) electrons. The Morgan fingerprint density at radius 2 is 1.97 bits per heavy atom. The highest BCUT2D eigenvalue weighted by molar-refractivity contribution is 6.37. The highest BCUT2D eigenvalue weighted by Gasteiger charge is 2.41. The number of carboxylic acids is 1. The summed E-state index contributed by atoms with van der Waals surface area (Å²) in [5.41, 5.74) is 6.70. The molecule has 2 aromatic rings. The second-order valence-electron chi connectivity index (χ2n) is 8.93. The van der Waals surface area contributed by atoms with Crippen LogP contribution in [0.2, 0.25) is 5.02 Å². The van der Waals surface area contributed by atoms with Gasteiger partial charge in [0.25, 0.3) is 0 Å². The standard InChI is InChI=1S/C22H25ClN4O3/c1-10-3-6-16(24)14-8-26(7-13(10)14)21-18(23)19-17(11(2)25-21)20(28)15(22(29)30)9-27(19)12-4-5-12/h3,6,9-10,12-14,16H,4-5,7-8,24H2,1-2H3,(H,29,30)/t10-,13-,14-,16+/m0/s1. The van der Waals surface area contributed by atoms with Crippen molar-refractivity contribution in [3.63, 3.8) is 0 Å². The molecule has 30 heavy (non-hydrogen) atoms. The van der Waals surface area contributed by atoms with E-state index in [2.05, 4.69) is 24.0 Å². The number of aromatic carboxylic acids is 1. The number of aromatic nitrogens is 2. The van der Waals surface area contributed by atoms with Gasteiger partial charge < -0.3 is 20.3 Å². The molecule has 158 valence electrons. The van der Waals surface area contributed by atoms with E-state index in [0.29, 0.717) is 45.2 Å². The third-order valence-corrected chi connectivity index (χ3v) is 7.31. The molecule has 1 saturated heterocycles. The van der Waals surface area contributed by atoms with E-state index in [9.17, 15) is 14.7 Å². The number of fused-ring (bicyclic) bond motifs is 2. The van der Waals surface area contributed by atoms with E-state index in [1.807, 2.05) is 4.57 Å². The van der Waals surface area contributed by atoms with Crippen LogP contribution in [0, 0.1) is 24.7 Å². The number of carboxylic acid groups (broad SMARTS) is 1.